The zero-order valence-electron chi connectivity index (χ0n) is 10.3. The summed E-state index contributed by atoms with van der Waals surface area (Å²) in [4.78, 5) is 0. The molecule has 0 radical (unpaired) electrons. The van der Waals surface area contributed by atoms with Crippen LogP contribution in [0.1, 0.15) is 22.9 Å². The van der Waals surface area contributed by atoms with Crippen molar-refractivity contribution in [3.63, 3.8) is 0 Å². The molecule has 0 saturated carbocycles. The summed E-state index contributed by atoms with van der Waals surface area (Å²) in [7, 11) is 1.91. The second-order valence-electron chi connectivity index (χ2n) is 4.23. The summed E-state index contributed by atoms with van der Waals surface area (Å²) in [5, 5.41) is 4.44. The van der Waals surface area contributed by atoms with Crippen molar-refractivity contribution in [1.82, 2.24) is 5.32 Å². The smallest absolute Gasteiger partial charge is 0.123 e. The van der Waals surface area contributed by atoms with Crippen molar-refractivity contribution in [3.05, 3.63) is 57.5 Å². The first-order valence-electron chi connectivity index (χ1n) is 5.77. The van der Waals surface area contributed by atoms with Crippen LogP contribution in [-0.2, 0) is 6.42 Å². The summed E-state index contributed by atoms with van der Waals surface area (Å²) in [6, 6.07) is 7.73. The van der Waals surface area contributed by atoms with Crippen LogP contribution >= 0.6 is 23.2 Å². The highest BCUT2D eigenvalue weighted by atomic mass is 35.5. The van der Waals surface area contributed by atoms with Crippen LogP contribution in [0.4, 0.5) is 0 Å². The fraction of sp³-hybridized carbons (Fsp3) is 0.286. The number of likely N-dealkylation sites (N-methyl/N-ethyl adjacent to an activating group) is 1. The van der Waals surface area contributed by atoms with E-state index in [1.165, 1.54) is 0 Å². The predicted molar refractivity (Wildman–Crippen MR) is 75.4 cm³/mol. The van der Waals surface area contributed by atoms with Crippen molar-refractivity contribution in [1.29, 1.82) is 0 Å². The molecule has 0 aliphatic rings. The molecule has 0 saturated heterocycles. The molecule has 96 valence electrons. The van der Waals surface area contributed by atoms with Crippen LogP contribution < -0.4 is 5.32 Å². The second-order valence-corrected chi connectivity index (χ2v) is 5.01. The summed E-state index contributed by atoms with van der Waals surface area (Å²) in [6.45, 7) is 2.03. The van der Waals surface area contributed by atoms with Gasteiger partial charge < -0.3 is 9.73 Å². The van der Waals surface area contributed by atoms with Crippen LogP contribution in [-0.4, -0.2) is 7.05 Å². The van der Waals surface area contributed by atoms with Crippen LogP contribution in [0.2, 0.25) is 10.0 Å². The Morgan fingerprint density at radius 3 is 2.67 bits per heavy atom. The van der Waals surface area contributed by atoms with E-state index in [4.69, 9.17) is 27.6 Å². The van der Waals surface area contributed by atoms with Gasteiger partial charge in [-0.3, -0.25) is 0 Å². The Morgan fingerprint density at radius 1 is 1.28 bits per heavy atom. The highest BCUT2D eigenvalue weighted by molar-refractivity contribution is 6.42. The van der Waals surface area contributed by atoms with Crippen molar-refractivity contribution in [2.45, 2.75) is 19.4 Å². The Bertz CT molecular complexity index is 536. The largest absolute Gasteiger partial charge is 0.467 e. The van der Waals surface area contributed by atoms with E-state index in [-0.39, 0.29) is 6.04 Å². The normalized spacial score (nSPS) is 12.7. The Hall–Kier alpha value is -0.960. The van der Waals surface area contributed by atoms with Crippen LogP contribution in [0.5, 0.6) is 0 Å². The molecule has 0 fully saturated rings. The lowest BCUT2D eigenvalue weighted by atomic mass is 10.0. The maximum Gasteiger partial charge on any atom is 0.123 e. The van der Waals surface area contributed by atoms with Gasteiger partial charge in [0.15, 0.2) is 0 Å². The predicted octanol–water partition coefficient (Wildman–Crippen LogP) is 4.40. The van der Waals surface area contributed by atoms with Gasteiger partial charge in [0.05, 0.1) is 22.4 Å². The first kappa shape index (κ1) is 13.5. The number of furan rings is 1. The van der Waals surface area contributed by atoms with E-state index in [0.29, 0.717) is 10.0 Å². The summed E-state index contributed by atoms with van der Waals surface area (Å²) in [5.41, 5.74) is 2.15. The summed E-state index contributed by atoms with van der Waals surface area (Å²) < 4.78 is 5.52. The number of nitrogens with one attached hydrogen (secondary N) is 1. The van der Waals surface area contributed by atoms with Gasteiger partial charge in [0.25, 0.3) is 0 Å². The first-order valence-corrected chi connectivity index (χ1v) is 6.53. The van der Waals surface area contributed by atoms with E-state index in [9.17, 15) is 0 Å². The number of aryl methyl sites for hydroxylation is 1. The molecule has 18 heavy (non-hydrogen) atoms. The van der Waals surface area contributed by atoms with Crippen molar-refractivity contribution < 1.29 is 4.42 Å². The van der Waals surface area contributed by atoms with E-state index in [1.807, 2.05) is 32.2 Å². The standard InChI is InChI=1S/C14H15Cl2NO/c1-9-6-7-18-14(9)12(17-2)8-10-4-3-5-11(15)13(10)16/h3-7,12,17H,8H2,1-2H3. The van der Waals surface area contributed by atoms with Gasteiger partial charge in [-0.1, -0.05) is 35.3 Å². The minimum atomic E-state index is 0.0935. The number of halogens is 2. The molecule has 1 aromatic carbocycles. The van der Waals surface area contributed by atoms with E-state index >= 15 is 0 Å². The molecule has 0 bridgehead atoms. The third-order valence-corrected chi connectivity index (χ3v) is 3.88. The lowest BCUT2D eigenvalue weighted by Gasteiger charge is -2.16. The Labute approximate surface area is 117 Å². The first-order chi connectivity index (χ1) is 8.63. The van der Waals surface area contributed by atoms with E-state index < -0.39 is 0 Å². The fourth-order valence-corrected chi connectivity index (χ4v) is 2.39. The third kappa shape index (κ3) is 2.72. The van der Waals surface area contributed by atoms with Gasteiger partial charge in [-0.15, -0.1) is 0 Å². The summed E-state index contributed by atoms with van der Waals surface area (Å²) in [5.74, 6) is 0.938. The minimum Gasteiger partial charge on any atom is -0.467 e. The van der Waals surface area contributed by atoms with Crippen molar-refractivity contribution in [3.8, 4) is 0 Å². The molecule has 0 amide bonds. The molecule has 1 unspecified atom stereocenters. The lowest BCUT2D eigenvalue weighted by molar-refractivity contribution is 0.426. The summed E-state index contributed by atoms with van der Waals surface area (Å²) in [6.07, 6.45) is 2.44. The van der Waals surface area contributed by atoms with Gasteiger partial charge in [-0.25, -0.2) is 0 Å². The number of rotatable bonds is 4. The average molecular weight is 284 g/mol. The second kappa shape index (κ2) is 5.79. The molecule has 4 heteroatoms. The van der Waals surface area contributed by atoms with Gasteiger partial charge in [-0.05, 0) is 43.7 Å². The molecule has 1 aromatic heterocycles. The maximum absolute atomic E-state index is 6.21. The lowest BCUT2D eigenvalue weighted by Crippen LogP contribution is -2.19. The Morgan fingerprint density at radius 2 is 2.06 bits per heavy atom. The van der Waals surface area contributed by atoms with Crippen molar-refractivity contribution in [2.24, 2.45) is 0 Å². The molecular weight excluding hydrogens is 269 g/mol. The quantitative estimate of drug-likeness (QED) is 0.900. The number of hydrogen-bond acceptors (Lipinski definition) is 2. The van der Waals surface area contributed by atoms with Gasteiger partial charge >= 0.3 is 0 Å². The molecular formula is C14H15Cl2NO. The molecule has 1 N–H and O–H groups in total. The highest BCUT2D eigenvalue weighted by Crippen LogP contribution is 2.30. The van der Waals surface area contributed by atoms with Gasteiger partial charge in [0.1, 0.15) is 5.76 Å². The SMILES string of the molecule is CNC(Cc1cccc(Cl)c1Cl)c1occc1C. The third-order valence-electron chi connectivity index (χ3n) is 3.02. The molecule has 1 heterocycles. The highest BCUT2D eigenvalue weighted by Gasteiger charge is 2.17. The van der Waals surface area contributed by atoms with Crippen LogP contribution in [0, 0.1) is 6.92 Å². The van der Waals surface area contributed by atoms with E-state index in [1.54, 1.807) is 12.3 Å². The molecule has 0 aliphatic heterocycles. The Kier molecular flexibility index (Phi) is 4.33. The van der Waals surface area contributed by atoms with E-state index in [0.717, 1.165) is 23.3 Å². The van der Waals surface area contributed by atoms with Gasteiger partial charge in [0, 0.05) is 0 Å². The van der Waals surface area contributed by atoms with Gasteiger partial charge in [-0.2, -0.15) is 0 Å². The molecule has 0 spiro atoms. The average Bonchev–Trinajstić information content (AvgIpc) is 2.77. The molecule has 2 aromatic rings. The molecule has 2 nitrogen and oxygen atoms in total. The fourth-order valence-electron chi connectivity index (χ4n) is 1.99. The number of hydrogen-bond donors (Lipinski definition) is 1. The zero-order chi connectivity index (χ0) is 13.1. The summed E-state index contributed by atoms with van der Waals surface area (Å²) >= 11 is 12.2. The van der Waals surface area contributed by atoms with E-state index in [2.05, 4.69) is 5.32 Å². The topological polar surface area (TPSA) is 25.2 Å². The van der Waals surface area contributed by atoms with Crippen LogP contribution in [0.25, 0.3) is 0 Å². The molecule has 0 aliphatic carbocycles. The van der Waals surface area contributed by atoms with Crippen LogP contribution in [0.3, 0.4) is 0 Å². The number of benzene rings is 1. The monoisotopic (exact) mass is 283 g/mol. The Balaban J connectivity index is 2.26. The van der Waals surface area contributed by atoms with Crippen molar-refractivity contribution >= 4 is 23.2 Å². The minimum absolute atomic E-state index is 0.0935. The van der Waals surface area contributed by atoms with Gasteiger partial charge in [0.2, 0.25) is 0 Å². The van der Waals surface area contributed by atoms with Crippen LogP contribution in [0.15, 0.2) is 34.9 Å². The zero-order valence-corrected chi connectivity index (χ0v) is 11.8. The molecule has 2 rings (SSSR count). The van der Waals surface area contributed by atoms with Crippen molar-refractivity contribution in [2.75, 3.05) is 7.05 Å². The molecule has 1 atom stereocenters. The maximum atomic E-state index is 6.21.